The highest BCUT2D eigenvalue weighted by molar-refractivity contribution is 7.89. The Morgan fingerprint density at radius 1 is 1.47 bits per heavy atom. The Morgan fingerprint density at radius 2 is 2.26 bits per heavy atom. The maximum absolute atomic E-state index is 12.7. The van der Waals surface area contributed by atoms with Crippen molar-refractivity contribution in [2.24, 2.45) is 11.7 Å². The third-order valence-electron chi connectivity index (χ3n) is 3.95. The van der Waals surface area contributed by atoms with Gasteiger partial charge in [-0.2, -0.15) is 4.31 Å². The average molecular weight is 297 g/mol. The Balaban J connectivity index is 2.04. The molecule has 0 amide bonds. The van der Waals surface area contributed by atoms with E-state index in [2.05, 4.69) is 4.98 Å². The van der Waals surface area contributed by atoms with Crippen LogP contribution in [0.5, 0.6) is 0 Å². The van der Waals surface area contributed by atoms with E-state index < -0.39 is 10.0 Å². The van der Waals surface area contributed by atoms with Gasteiger partial charge in [-0.3, -0.25) is 4.98 Å². The van der Waals surface area contributed by atoms with Crippen molar-refractivity contribution in [2.75, 3.05) is 6.54 Å². The first-order chi connectivity index (χ1) is 9.00. The van der Waals surface area contributed by atoms with Gasteiger partial charge < -0.3 is 5.73 Å². The third kappa shape index (κ3) is 2.05. The zero-order valence-corrected chi connectivity index (χ0v) is 12.0. The molecule has 7 heteroatoms. The molecule has 5 nitrogen and oxygen atoms in total. The zero-order chi connectivity index (χ0) is 13.6. The second-order valence-corrected chi connectivity index (χ2v) is 7.42. The first-order valence-electron chi connectivity index (χ1n) is 6.27. The molecule has 2 N–H and O–H groups in total. The summed E-state index contributed by atoms with van der Waals surface area (Å²) in [6.07, 6.45) is 4.56. The van der Waals surface area contributed by atoms with Crippen LogP contribution in [0.2, 0.25) is 0 Å². The minimum absolute atomic E-state index is 0.0172. The molecule has 19 heavy (non-hydrogen) atoms. The summed E-state index contributed by atoms with van der Waals surface area (Å²) in [5, 5.41) is 0. The topological polar surface area (TPSA) is 76.3 Å². The summed E-state index contributed by atoms with van der Waals surface area (Å²) >= 11 is 4.89. The number of nitrogens with two attached hydrogens (primary N) is 1. The Hall–Kier alpha value is -1.05. The fourth-order valence-electron chi connectivity index (χ4n) is 3.08. The average Bonchev–Trinajstić information content (AvgIpc) is 3.01. The van der Waals surface area contributed by atoms with Crippen LogP contribution >= 0.6 is 12.2 Å². The molecule has 0 aromatic carbocycles. The van der Waals surface area contributed by atoms with Crippen molar-refractivity contribution in [3.05, 3.63) is 24.0 Å². The van der Waals surface area contributed by atoms with Crippen molar-refractivity contribution >= 4 is 27.2 Å². The third-order valence-corrected chi connectivity index (χ3v) is 6.09. The number of rotatable bonds is 3. The lowest BCUT2D eigenvalue weighted by atomic mass is 10.1. The summed E-state index contributed by atoms with van der Waals surface area (Å²) in [6.45, 7) is 0.610. The fraction of sp³-hybridized carbons (Fsp3) is 0.500. The second-order valence-electron chi connectivity index (χ2n) is 5.12. The normalized spacial score (nSPS) is 26.7. The van der Waals surface area contributed by atoms with Crippen LogP contribution in [0.1, 0.15) is 25.0 Å². The maximum Gasteiger partial charge on any atom is 0.245 e. The molecule has 1 aliphatic heterocycles. The summed E-state index contributed by atoms with van der Waals surface area (Å²) in [7, 11) is -3.54. The molecular formula is C12H15N3O2S2. The van der Waals surface area contributed by atoms with Gasteiger partial charge in [0.1, 0.15) is 15.6 Å². The van der Waals surface area contributed by atoms with Gasteiger partial charge in [-0.1, -0.05) is 12.2 Å². The van der Waals surface area contributed by atoms with Crippen LogP contribution < -0.4 is 5.73 Å². The number of piperidine rings is 1. The number of fused-ring (bicyclic) bond motifs is 2. The van der Waals surface area contributed by atoms with Gasteiger partial charge in [-0.05, 0) is 37.3 Å². The van der Waals surface area contributed by atoms with Crippen molar-refractivity contribution in [1.82, 2.24) is 9.29 Å². The first kappa shape index (κ1) is 13.0. The number of hydrogen-bond donors (Lipinski definition) is 1. The van der Waals surface area contributed by atoms with Crippen LogP contribution in [0.15, 0.2) is 23.2 Å². The van der Waals surface area contributed by atoms with E-state index >= 15 is 0 Å². The van der Waals surface area contributed by atoms with Crippen molar-refractivity contribution in [3.8, 4) is 0 Å². The predicted molar refractivity (Wildman–Crippen MR) is 75.1 cm³/mol. The van der Waals surface area contributed by atoms with E-state index in [-0.39, 0.29) is 21.6 Å². The highest BCUT2D eigenvalue weighted by Gasteiger charge is 2.44. The second kappa shape index (κ2) is 4.50. The summed E-state index contributed by atoms with van der Waals surface area (Å²) < 4.78 is 27.0. The molecule has 1 aromatic rings. The highest BCUT2D eigenvalue weighted by Crippen LogP contribution is 2.40. The Labute approximate surface area is 117 Å². The monoisotopic (exact) mass is 297 g/mol. The molecule has 1 aliphatic carbocycles. The van der Waals surface area contributed by atoms with E-state index in [9.17, 15) is 8.42 Å². The van der Waals surface area contributed by atoms with Crippen molar-refractivity contribution < 1.29 is 8.42 Å². The van der Waals surface area contributed by atoms with Gasteiger partial charge in [0.2, 0.25) is 10.0 Å². The molecule has 2 heterocycles. The fourth-order valence-corrected chi connectivity index (χ4v) is 5.21. The van der Waals surface area contributed by atoms with Gasteiger partial charge in [0.05, 0.1) is 0 Å². The van der Waals surface area contributed by atoms with E-state index in [4.69, 9.17) is 18.0 Å². The summed E-state index contributed by atoms with van der Waals surface area (Å²) in [5.41, 5.74) is 5.77. The lowest BCUT2D eigenvalue weighted by Crippen LogP contribution is -2.38. The molecule has 102 valence electrons. The van der Waals surface area contributed by atoms with Crippen LogP contribution in [0, 0.1) is 5.92 Å². The number of thiocarbonyl (C=S) groups is 1. The largest absolute Gasteiger partial charge is 0.388 e. The summed E-state index contributed by atoms with van der Waals surface area (Å²) in [4.78, 5) is 4.16. The molecule has 1 aromatic heterocycles. The predicted octanol–water partition coefficient (Wildman–Crippen LogP) is 0.889. The zero-order valence-electron chi connectivity index (χ0n) is 10.3. The van der Waals surface area contributed by atoms with E-state index in [0.717, 1.165) is 19.3 Å². The van der Waals surface area contributed by atoms with Crippen molar-refractivity contribution in [3.63, 3.8) is 0 Å². The lowest BCUT2D eigenvalue weighted by molar-refractivity contribution is 0.333. The van der Waals surface area contributed by atoms with Gasteiger partial charge in [0.15, 0.2) is 0 Å². The SMILES string of the molecule is NC(=S)c1ncccc1S(=O)(=O)N1CC2CCC1C2. The number of pyridine rings is 1. The number of sulfonamides is 1. The van der Waals surface area contributed by atoms with Crippen LogP contribution in [0.4, 0.5) is 0 Å². The van der Waals surface area contributed by atoms with Gasteiger partial charge >= 0.3 is 0 Å². The lowest BCUT2D eigenvalue weighted by Gasteiger charge is -2.26. The Morgan fingerprint density at radius 3 is 2.84 bits per heavy atom. The van der Waals surface area contributed by atoms with Gasteiger partial charge in [0, 0.05) is 18.8 Å². The molecule has 2 aliphatic rings. The Bertz CT molecular complexity index is 630. The first-order valence-corrected chi connectivity index (χ1v) is 8.11. The molecule has 2 bridgehead atoms. The molecule has 2 fully saturated rings. The quantitative estimate of drug-likeness (QED) is 0.839. The number of aromatic nitrogens is 1. The highest BCUT2D eigenvalue weighted by atomic mass is 32.2. The number of nitrogens with zero attached hydrogens (tertiary/aromatic N) is 2. The molecule has 2 unspecified atom stereocenters. The minimum Gasteiger partial charge on any atom is -0.388 e. The van der Waals surface area contributed by atoms with Crippen LogP contribution in [0.25, 0.3) is 0 Å². The summed E-state index contributed by atoms with van der Waals surface area (Å²) in [5.74, 6) is 0.504. The smallest absolute Gasteiger partial charge is 0.245 e. The van der Waals surface area contributed by atoms with Gasteiger partial charge in [0.25, 0.3) is 0 Å². The van der Waals surface area contributed by atoms with Crippen LogP contribution in [-0.4, -0.2) is 35.3 Å². The van der Waals surface area contributed by atoms with E-state index in [0.29, 0.717) is 12.5 Å². The van der Waals surface area contributed by atoms with E-state index in [1.807, 2.05) is 0 Å². The number of hydrogen-bond acceptors (Lipinski definition) is 4. The minimum atomic E-state index is -3.54. The molecular weight excluding hydrogens is 282 g/mol. The van der Waals surface area contributed by atoms with Crippen molar-refractivity contribution in [2.45, 2.75) is 30.2 Å². The summed E-state index contributed by atoms with van der Waals surface area (Å²) in [6, 6.07) is 3.26. The van der Waals surface area contributed by atoms with Crippen LogP contribution in [-0.2, 0) is 10.0 Å². The van der Waals surface area contributed by atoms with E-state index in [1.54, 1.807) is 10.4 Å². The Kier molecular flexibility index (Phi) is 3.07. The molecule has 3 rings (SSSR count). The van der Waals surface area contributed by atoms with E-state index in [1.165, 1.54) is 12.3 Å². The molecule has 1 saturated carbocycles. The van der Waals surface area contributed by atoms with Gasteiger partial charge in [-0.15, -0.1) is 0 Å². The van der Waals surface area contributed by atoms with Crippen LogP contribution in [0.3, 0.4) is 0 Å². The maximum atomic E-state index is 12.7. The molecule has 0 spiro atoms. The van der Waals surface area contributed by atoms with Crippen molar-refractivity contribution in [1.29, 1.82) is 0 Å². The molecule has 2 atom stereocenters. The molecule has 0 radical (unpaired) electrons. The molecule has 1 saturated heterocycles. The standard InChI is InChI=1S/C12H15N3O2S2/c13-12(18)11-10(2-1-5-14-11)19(16,17)15-7-8-3-4-9(15)6-8/h1-2,5,8-9H,3-4,6-7H2,(H2,13,18). The van der Waals surface area contributed by atoms with Gasteiger partial charge in [-0.25, -0.2) is 8.42 Å².